The average molecular weight is 264 g/mol. The van der Waals surface area contributed by atoms with Gasteiger partial charge in [-0.2, -0.15) is 0 Å². The van der Waals surface area contributed by atoms with Gasteiger partial charge in [0.15, 0.2) is 0 Å². The lowest BCUT2D eigenvalue weighted by Crippen LogP contribution is -1.96. The normalized spacial score (nSPS) is 10.4. The van der Waals surface area contributed by atoms with E-state index in [0.29, 0.717) is 16.7 Å². The molecule has 1 heterocycles. The van der Waals surface area contributed by atoms with E-state index in [-0.39, 0.29) is 0 Å². The highest BCUT2D eigenvalue weighted by molar-refractivity contribution is 6.29. The van der Waals surface area contributed by atoms with Crippen LogP contribution in [0.3, 0.4) is 0 Å². The molecule has 2 N–H and O–H groups in total. The van der Waals surface area contributed by atoms with Crippen molar-refractivity contribution in [3.63, 3.8) is 0 Å². The number of aromatic hydroxyl groups is 1. The highest BCUT2D eigenvalue weighted by Gasteiger charge is 2.06. The number of benzene rings is 1. The van der Waals surface area contributed by atoms with Gasteiger partial charge in [-0.05, 0) is 36.6 Å². The minimum absolute atomic E-state index is 0.351. The van der Waals surface area contributed by atoms with E-state index in [0.717, 1.165) is 23.2 Å². The fourth-order valence-electron chi connectivity index (χ4n) is 1.74. The molecule has 0 aliphatic rings. The molecule has 0 bridgehead atoms. The molecule has 2 aromatic rings. The van der Waals surface area contributed by atoms with Crippen LogP contribution in [0.1, 0.15) is 18.1 Å². The molecule has 0 saturated heterocycles. The Kier molecular flexibility index (Phi) is 3.67. The Balaban J connectivity index is 2.32. The molecule has 0 amide bonds. The molecule has 1 aromatic carbocycles. The molecule has 18 heavy (non-hydrogen) atoms. The second kappa shape index (κ2) is 5.23. The smallest absolute Gasteiger partial charge is 0.135 e. The molecular weight excluding hydrogens is 250 g/mol. The number of phenolic OH excluding ortho intramolecular Hbond substituents is 1. The molecule has 0 unspecified atom stereocenters. The molecule has 4 nitrogen and oxygen atoms in total. The van der Waals surface area contributed by atoms with E-state index in [2.05, 4.69) is 15.3 Å². The zero-order valence-electron chi connectivity index (χ0n) is 10.2. The van der Waals surface area contributed by atoms with Crippen molar-refractivity contribution in [2.75, 3.05) is 5.32 Å². The van der Waals surface area contributed by atoms with E-state index in [1.54, 1.807) is 6.07 Å². The van der Waals surface area contributed by atoms with Crippen LogP contribution in [-0.4, -0.2) is 15.1 Å². The van der Waals surface area contributed by atoms with Crippen molar-refractivity contribution in [1.82, 2.24) is 9.97 Å². The Labute approximate surface area is 111 Å². The van der Waals surface area contributed by atoms with Gasteiger partial charge in [-0.3, -0.25) is 0 Å². The largest absolute Gasteiger partial charge is 0.507 e. The summed E-state index contributed by atoms with van der Waals surface area (Å²) in [6.45, 7) is 3.87. The van der Waals surface area contributed by atoms with Crippen LogP contribution in [0.2, 0.25) is 5.15 Å². The Morgan fingerprint density at radius 3 is 2.72 bits per heavy atom. The minimum atomic E-state index is 0.351. The van der Waals surface area contributed by atoms with Gasteiger partial charge in [0.25, 0.3) is 0 Å². The van der Waals surface area contributed by atoms with E-state index in [1.807, 2.05) is 26.0 Å². The maximum Gasteiger partial charge on any atom is 0.135 e. The van der Waals surface area contributed by atoms with Gasteiger partial charge in [0.2, 0.25) is 0 Å². The fraction of sp³-hybridized carbons (Fsp3) is 0.231. The second-order valence-corrected chi connectivity index (χ2v) is 4.39. The number of nitrogens with zero attached hydrogens (tertiary/aromatic N) is 2. The molecule has 0 fully saturated rings. The molecule has 0 radical (unpaired) electrons. The van der Waals surface area contributed by atoms with Crippen molar-refractivity contribution in [2.45, 2.75) is 20.3 Å². The van der Waals surface area contributed by atoms with Crippen LogP contribution in [-0.2, 0) is 6.42 Å². The summed E-state index contributed by atoms with van der Waals surface area (Å²) in [5.74, 6) is 0.978. The van der Waals surface area contributed by atoms with Crippen molar-refractivity contribution in [2.24, 2.45) is 0 Å². The molecular formula is C13H14ClN3O. The SMILES string of the molecule is CCc1cc(Nc2cc(Cl)ncn2)cc(C)c1O. The third-order valence-corrected chi connectivity index (χ3v) is 2.87. The van der Waals surface area contributed by atoms with E-state index in [1.165, 1.54) is 6.33 Å². The summed E-state index contributed by atoms with van der Waals surface area (Å²) >= 11 is 5.80. The lowest BCUT2D eigenvalue weighted by atomic mass is 10.1. The summed E-state index contributed by atoms with van der Waals surface area (Å²) < 4.78 is 0. The Morgan fingerprint density at radius 2 is 2.06 bits per heavy atom. The topological polar surface area (TPSA) is 58.0 Å². The van der Waals surface area contributed by atoms with Gasteiger partial charge in [0.1, 0.15) is 23.0 Å². The van der Waals surface area contributed by atoms with Crippen molar-refractivity contribution >= 4 is 23.1 Å². The number of halogens is 1. The van der Waals surface area contributed by atoms with Gasteiger partial charge in [0, 0.05) is 11.8 Å². The highest BCUT2D eigenvalue weighted by Crippen LogP contribution is 2.28. The summed E-state index contributed by atoms with van der Waals surface area (Å²) in [6, 6.07) is 5.41. The number of phenols is 1. The summed E-state index contributed by atoms with van der Waals surface area (Å²) in [6.07, 6.45) is 2.17. The van der Waals surface area contributed by atoms with Gasteiger partial charge in [-0.15, -0.1) is 0 Å². The van der Waals surface area contributed by atoms with Crippen LogP contribution in [0.25, 0.3) is 0 Å². The number of hydrogen-bond donors (Lipinski definition) is 2. The monoisotopic (exact) mass is 263 g/mol. The summed E-state index contributed by atoms with van der Waals surface area (Å²) in [7, 11) is 0. The first-order valence-electron chi connectivity index (χ1n) is 5.67. The average Bonchev–Trinajstić information content (AvgIpc) is 2.33. The van der Waals surface area contributed by atoms with Crippen molar-refractivity contribution in [3.8, 4) is 5.75 Å². The zero-order chi connectivity index (χ0) is 13.1. The summed E-state index contributed by atoms with van der Waals surface area (Å²) in [5.41, 5.74) is 2.60. The predicted octanol–water partition coefficient (Wildman–Crippen LogP) is 3.45. The number of aromatic nitrogens is 2. The number of anilines is 2. The zero-order valence-corrected chi connectivity index (χ0v) is 11.0. The van der Waals surface area contributed by atoms with Crippen molar-refractivity contribution in [3.05, 3.63) is 40.8 Å². The molecule has 0 saturated carbocycles. The van der Waals surface area contributed by atoms with Gasteiger partial charge in [-0.25, -0.2) is 9.97 Å². The Morgan fingerprint density at radius 1 is 1.28 bits per heavy atom. The van der Waals surface area contributed by atoms with Gasteiger partial charge < -0.3 is 10.4 Å². The van der Waals surface area contributed by atoms with Crippen molar-refractivity contribution in [1.29, 1.82) is 0 Å². The fourth-order valence-corrected chi connectivity index (χ4v) is 1.89. The number of aryl methyl sites for hydroxylation is 2. The van der Waals surface area contributed by atoms with Gasteiger partial charge in [-0.1, -0.05) is 18.5 Å². The molecule has 0 spiro atoms. The maximum atomic E-state index is 9.86. The molecule has 94 valence electrons. The molecule has 5 heteroatoms. The predicted molar refractivity (Wildman–Crippen MR) is 72.5 cm³/mol. The number of nitrogens with one attached hydrogen (secondary N) is 1. The highest BCUT2D eigenvalue weighted by atomic mass is 35.5. The van der Waals surface area contributed by atoms with Gasteiger partial charge >= 0.3 is 0 Å². The molecule has 0 aliphatic carbocycles. The first kappa shape index (κ1) is 12.6. The maximum absolute atomic E-state index is 9.86. The minimum Gasteiger partial charge on any atom is -0.507 e. The van der Waals surface area contributed by atoms with E-state index in [9.17, 15) is 5.11 Å². The van der Waals surface area contributed by atoms with Crippen LogP contribution in [0.4, 0.5) is 11.5 Å². The van der Waals surface area contributed by atoms with Crippen molar-refractivity contribution < 1.29 is 5.11 Å². The lowest BCUT2D eigenvalue weighted by Gasteiger charge is -2.11. The second-order valence-electron chi connectivity index (χ2n) is 4.01. The standard InChI is InChI=1S/C13H14ClN3O/c1-3-9-5-10(4-8(2)13(9)18)17-12-6-11(14)15-7-16-12/h4-7,18H,3H2,1-2H3,(H,15,16,17). The van der Waals surface area contributed by atoms with Crippen LogP contribution >= 0.6 is 11.6 Å². The molecule has 0 atom stereocenters. The van der Waals surface area contributed by atoms with Gasteiger partial charge in [0.05, 0.1) is 0 Å². The Bertz CT molecular complexity index is 572. The molecule has 0 aliphatic heterocycles. The Hall–Kier alpha value is -1.81. The molecule has 2 rings (SSSR count). The summed E-state index contributed by atoms with van der Waals surface area (Å²) in [5, 5.41) is 13.4. The lowest BCUT2D eigenvalue weighted by molar-refractivity contribution is 0.465. The van der Waals surface area contributed by atoms with E-state index >= 15 is 0 Å². The number of rotatable bonds is 3. The third kappa shape index (κ3) is 2.71. The summed E-state index contributed by atoms with van der Waals surface area (Å²) in [4.78, 5) is 7.89. The first-order chi connectivity index (χ1) is 8.60. The van der Waals surface area contributed by atoms with Crippen LogP contribution in [0.5, 0.6) is 5.75 Å². The number of hydrogen-bond acceptors (Lipinski definition) is 4. The van der Waals surface area contributed by atoms with E-state index < -0.39 is 0 Å². The van der Waals surface area contributed by atoms with Crippen LogP contribution < -0.4 is 5.32 Å². The first-order valence-corrected chi connectivity index (χ1v) is 6.05. The quantitative estimate of drug-likeness (QED) is 0.658. The third-order valence-electron chi connectivity index (χ3n) is 2.67. The van der Waals surface area contributed by atoms with Crippen LogP contribution in [0.15, 0.2) is 24.5 Å². The van der Waals surface area contributed by atoms with Crippen LogP contribution in [0, 0.1) is 6.92 Å². The van der Waals surface area contributed by atoms with E-state index in [4.69, 9.17) is 11.6 Å². The molecule has 1 aromatic heterocycles.